The van der Waals surface area contributed by atoms with Gasteiger partial charge in [-0.25, -0.2) is 23.7 Å². The molecule has 32 heavy (non-hydrogen) atoms. The van der Waals surface area contributed by atoms with Crippen LogP contribution < -0.4 is 10.5 Å². The van der Waals surface area contributed by atoms with E-state index in [0.717, 1.165) is 0 Å². The first-order chi connectivity index (χ1) is 15.3. The number of aliphatic imine (C=N–C) groups is 1. The van der Waals surface area contributed by atoms with Crippen LogP contribution in [0, 0.1) is 17.8 Å². The fourth-order valence-corrected chi connectivity index (χ4v) is 4.05. The van der Waals surface area contributed by atoms with Gasteiger partial charge in [0.15, 0.2) is 17.9 Å². The maximum Gasteiger partial charge on any atom is 0.283 e. The molecule has 1 fully saturated rings. The quantitative estimate of drug-likeness (QED) is 0.503. The van der Waals surface area contributed by atoms with Crippen molar-refractivity contribution in [3.8, 4) is 17.7 Å². The number of nitrogens with zero attached hydrogens (tertiary/aromatic N) is 3. The monoisotopic (exact) mass is 460 g/mol. The van der Waals surface area contributed by atoms with E-state index in [4.69, 9.17) is 26.8 Å². The third-order valence-electron chi connectivity index (χ3n) is 5.41. The summed E-state index contributed by atoms with van der Waals surface area (Å²) in [6, 6.07) is 4.29. The number of carbonyl (C=O) groups is 1. The van der Waals surface area contributed by atoms with E-state index >= 15 is 0 Å². The fourth-order valence-electron chi connectivity index (χ4n) is 3.78. The zero-order valence-corrected chi connectivity index (χ0v) is 17.8. The third-order valence-corrected chi connectivity index (χ3v) is 5.74. The Hall–Kier alpha value is -3.25. The first kappa shape index (κ1) is 22.0. The van der Waals surface area contributed by atoms with Gasteiger partial charge in [-0.3, -0.25) is 4.79 Å². The van der Waals surface area contributed by atoms with Gasteiger partial charge in [0.25, 0.3) is 12.4 Å². The summed E-state index contributed by atoms with van der Waals surface area (Å²) in [6.45, 7) is 1.85. The van der Waals surface area contributed by atoms with Gasteiger partial charge in [0, 0.05) is 22.9 Å². The lowest BCUT2D eigenvalue weighted by atomic mass is 9.83. The molecular weight excluding hydrogens is 442 g/mol. The number of hydrogen-bond donors (Lipinski definition) is 1. The zero-order valence-electron chi connectivity index (χ0n) is 17.0. The molecule has 0 bridgehead atoms. The van der Waals surface area contributed by atoms with Crippen LogP contribution in [0.4, 0.5) is 8.78 Å². The van der Waals surface area contributed by atoms with E-state index in [2.05, 4.69) is 26.8 Å². The predicted molar refractivity (Wildman–Crippen MR) is 113 cm³/mol. The number of aromatic nitrogens is 2. The fraction of sp³-hybridized carbons (Fsp3) is 0.364. The van der Waals surface area contributed by atoms with Gasteiger partial charge in [0.05, 0.1) is 12.4 Å². The highest BCUT2D eigenvalue weighted by Gasteiger charge is 2.64. The number of ketones is 1. The molecule has 0 spiro atoms. The van der Waals surface area contributed by atoms with Gasteiger partial charge >= 0.3 is 0 Å². The van der Waals surface area contributed by atoms with E-state index in [1.165, 1.54) is 24.5 Å². The van der Waals surface area contributed by atoms with Crippen LogP contribution in [0.2, 0.25) is 5.02 Å². The summed E-state index contributed by atoms with van der Waals surface area (Å²) in [5.74, 6) is 4.79. The maximum absolute atomic E-state index is 14.3. The molecule has 7 nitrogen and oxygen atoms in total. The molecule has 10 heteroatoms. The second kappa shape index (κ2) is 8.71. The minimum absolute atomic E-state index is 0.0799. The van der Waals surface area contributed by atoms with Crippen LogP contribution in [0.15, 0.2) is 35.6 Å². The Bertz CT molecular complexity index is 1130. The van der Waals surface area contributed by atoms with Crippen molar-refractivity contribution in [1.29, 1.82) is 0 Å². The lowest BCUT2D eigenvalue weighted by Crippen LogP contribution is -2.43. The van der Waals surface area contributed by atoms with E-state index in [1.807, 2.05) is 0 Å². The van der Waals surface area contributed by atoms with E-state index in [-0.39, 0.29) is 47.0 Å². The molecule has 2 aliphatic rings. The van der Waals surface area contributed by atoms with Crippen molar-refractivity contribution in [3.63, 3.8) is 0 Å². The predicted octanol–water partition coefficient (Wildman–Crippen LogP) is 3.15. The summed E-state index contributed by atoms with van der Waals surface area (Å²) >= 11 is 6.30. The molecule has 0 amide bonds. The van der Waals surface area contributed by atoms with Crippen molar-refractivity contribution >= 4 is 23.4 Å². The highest BCUT2D eigenvalue weighted by Crippen LogP contribution is 2.56. The molecule has 2 N–H and O–H groups in total. The third kappa shape index (κ3) is 4.10. The van der Waals surface area contributed by atoms with Gasteiger partial charge in [-0.05, 0) is 25.0 Å². The van der Waals surface area contributed by atoms with E-state index in [0.29, 0.717) is 12.0 Å². The van der Waals surface area contributed by atoms with E-state index < -0.39 is 24.0 Å². The van der Waals surface area contributed by atoms with Crippen molar-refractivity contribution in [2.45, 2.75) is 37.8 Å². The van der Waals surface area contributed by atoms with Crippen molar-refractivity contribution in [2.24, 2.45) is 16.6 Å². The number of nitrogens with two attached hydrogens (primary N) is 1. The zero-order chi connectivity index (χ0) is 22.9. The van der Waals surface area contributed by atoms with Crippen LogP contribution in [-0.4, -0.2) is 40.9 Å². The number of carbonyl (C=O) groups excluding carboxylic acids is 1. The molecule has 1 aliphatic heterocycles. The minimum Gasteiger partial charge on any atom is -0.463 e. The average Bonchev–Trinajstić information content (AvgIpc) is 3.54. The van der Waals surface area contributed by atoms with Crippen LogP contribution in [0.25, 0.3) is 0 Å². The molecule has 3 atom stereocenters. The van der Waals surface area contributed by atoms with Crippen LogP contribution in [0.1, 0.15) is 35.0 Å². The lowest BCUT2D eigenvalue weighted by Gasteiger charge is -2.33. The Balaban J connectivity index is 1.57. The first-order valence-corrected chi connectivity index (χ1v) is 10.2. The van der Waals surface area contributed by atoms with Crippen LogP contribution in [-0.2, 0) is 16.7 Å². The minimum atomic E-state index is -2.85. The average molecular weight is 461 g/mol. The van der Waals surface area contributed by atoms with Crippen molar-refractivity contribution in [2.75, 3.05) is 6.61 Å². The summed E-state index contributed by atoms with van der Waals surface area (Å²) in [4.78, 5) is 24.8. The molecule has 0 saturated heterocycles. The van der Waals surface area contributed by atoms with Gasteiger partial charge in [0.2, 0.25) is 5.88 Å². The topological polar surface area (TPSA) is 99.7 Å². The Kier molecular flexibility index (Phi) is 5.98. The molecule has 1 aliphatic carbocycles. The van der Waals surface area contributed by atoms with E-state index in [1.54, 1.807) is 13.0 Å². The Labute approximate surface area is 188 Å². The normalized spacial score (nSPS) is 23.3. The molecule has 1 aromatic carbocycles. The number of rotatable bonds is 7. The largest absolute Gasteiger partial charge is 0.463 e. The molecule has 166 valence electrons. The SMILES string of the molecule is CC#CCOc1cnc(C(=O)Cc2ccc(Cl)c([C@]3(C(F)F)N=C(N)O[C@H]4C[C@H]43)c2)cn1. The standard InChI is InChI=1S/C22H19ClF2N4O3/c1-2-3-6-31-19-11-27-16(10-28-19)17(30)8-12-4-5-15(23)13(7-12)22(20(24)25)14-9-18(14)32-21(26)29-22/h4-5,7,10-11,14,18,20H,6,8-9H2,1H3,(H2,26,29)/t14-,18+,22+/m1/s1. The summed E-state index contributed by atoms with van der Waals surface area (Å²) in [6.07, 6.45) is -0.310. The van der Waals surface area contributed by atoms with Crippen LogP contribution >= 0.6 is 11.6 Å². The van der Waals surface area contributed by atoms with Crippen molar-refractivity contribution < 1.29 is 23.0 Å². The highest BCUT2D eigenvalue weighted by molar-refractivity contribution is 6.31. The Morgan fingerprint density at radius 1 is 1.41 bits per heavy atom. The summed E-state index contributed by atoms with van der Waals surface area (Å²) in [5, 5.41) is 0.127. The summed E-state index contributed by atoms with van der Waals surface area (Å²) < 4.78 is 39.2. The molecule has 4 rings (SSSR count). The molecule has 0 unspecified atom stereocenters. The molecule has 0 radical (unpaired) electrons. The molecule has 1 aromatic heterocycles. The van der Waals surface area contributed by atoms with Gasteiger partial charge < -0.3 is 15.2 Å². The molecule has 1 saturated carbocycles. The lowest BCUT2D eigenvalue weighted by molar-refractivity contribution is 0.0196. The number of Topliss-reactive ketones (excluding diaryl/α,β-unsaturated/α-hetero) is 1. The first-order valence-electron chi connectivity index (χ1n) is 9.81. The van der Waals surface area contributed by atoms with E-state index in [9.17, 15) is 13.6 Å². The number of amidine groups is 1. The summed E-state index contributed by atoms with van der Waals surface area (Å²) in [5.41, 5.74) is 4.51. The number of hydrogen-bond acceptors (Lipinski definition) is 7. The maximum atomic E-state index is 14.3. The van der Waals surface area contributed by atoms with Gasteiger partial charge in [0.1, 0.15) is 11.8 Å². The number of ether oxygens (including phenoxy) is 2. The number of alkyl halides is 2. The number of benzene rings is 1. The highest BCUT2D eigenvalue weighted by atomic mass is 35.5. The molecule has 2 aromatic rings. The Morgan fingerprint density at radius 2 is 2.22 bits per heavy atom. The van der Waals surface area contributed by atoms with Gasteiger partial charge in [-0.15, -0.1) is 5.92 Å². The Morgan fingerprint density at radius 3 is 2.91 bits per heavy atom. The van der Waals surface area contributed by atoms with Crippen LogP contribution in [0.3, 0.4) is 0 Å². The van der Waals surface area contributed by atoms with Crippen LogP contribution in [0.5, 0.6) is 5.88 Å². The second-order valence-electron chi connectivity index (χ2n) is 7.44. The summed E-state index contributed by atoms with van der Waals surface area (Å²) in [7, 11) is 0. The smallest absolute Gasteiger partial charge is 0.283 e. The second-order valence-corrected chi connectivity index (χ2v) is 7.85. The van der Waals surface area contributed by atoms with Crippen molar-refractivity contribution in [1.82, 2.24) is 9.97 Å². The number of fused-ring (bicyclic) bond motifs is 1. The number of halogens is 3. The van der Waals surface area contributed by atoms with Gasteiger partial charge in [-0.2, -0.15) is 0 Å². The van der Waals surface area contributed by atoms with Crippen molar-refractivity contribution in [3.05, 3.63) is 52.4 Å². The molecule has 2 heterocycles. The van der Waals surface area contributed by atoms with Gasteiger partial charge in [-0.1, -0.05) is 29.7 Å². The molecular formula is C22H19ClF2N4O3.